The van der Waals surface area contributed by atoms with Gasteiger partial charge >= 0.3 is 0 Å². The number of nitrogens with zero attached hydrogens (tertiary/aromatic N) is 4. The average Bonchev–Trinajstić information content (AvgIpc) is 3.01. The summed E-state index contributed by atoms with van der Waals surface area (Å²) in [7, 11) is 0. The Morgan fingerprint density at radius 2 is 2.20 bits per heavy atom. The van der Waals surface area contributed by atoms with Crippen LogP contribution < -0.4 is 10.2 Å². The molecule has 1 amide bonds. The number of piperidine rings is 1. The molecule has 1 aliphatic rings. The van der Waals surface area contributed by atoms with E-state index in [1.807, 2.05) is 17.5 Å². The van der Waals surface area contributed by atoms with Crippen molar-refractivity contribution in [1.82, 2.24) is 15.2 Å². The van der Waals surface area contributed by atoms with Crippen LogP contribution >= 0.6 is 11.3 Å². The van der Waals surface area contributed by atoms with Crippen molar-refractivity contribution < 1.29 is 4.79 Å². The van der Waals surface area contributed by atoms with E-state index in [9.17, 15) is 4.79 Å². The third kappa shape index (κ3) is 2.93. The SMILES string of the molecule is O=C(Nc1nccs1)C1CCN(c2cccnn2)CC1. The number of amides is 1. The molecule has 0 bridgehead atoms. The number of anilines is 2. The number of aromatic nitrogens is 3. The molecule has 0 saturated carbocycles. The molecule has 6 nitrogen and oxygen atoms in total. The maximum absolute atomic E-state index is 12.1. The highest BCUT2D eigenvalue weighted by Crippen LogP contribution is 2.23. The summed E-state index contributed by atoms with van der Waals surface area (Å²) in [5, 5.41) is 13.4. The Morgan fingerprint density at radius 1 is 1.35 bits per heavy atom. The van der Waals surface area contributed by atoms with Gasteiger partial charge in [0.05, 0.1) is 0 Å². The Balaban J connectivity index is 1.54. The van der Waals surface area contributed by atoms with Gasteiger partial charge in [0.2, 0.25) is 5.91 Å². The quantitative estimate of drug-likeness (QED) is 0.932. The van der Waals surface area contributed by atoms with Crippen LogP contribution in [0.15, 0.2) is 29.9 Å². The third-order valence-corrected chi connectivity index (χ3v) is 4.10. The molecule has 0 aromatic carbocycles. The van der Waals surface area contributed by atoms with E-state index in [4.69, 9.17) is 0 Å². The molecule has 2 aromatic heterocycles. The number of hydrogen-bond donors (Lipinski definition) is 1. The lowest BCUT2D eigenvalue weighted by atomic mass is 9.96. The standard InChI is InChI=1S/C13H15N5OS/c19-12(16-13-14-6-9-20-13)10-3-7-18(8-4-10)11-2-1-5-15-17-11/h1-2,5-6,9-10H,3-4,7-8H2,(H,14,16,19). The topological polar surface area (TPSA) is 71.0 Å². The van der Waals surface area contributed by atoms with Gasteiger partial charge in [-0.25, -0.2) is 4.98 Å². The van der Waals surface area contributed by atoms with Crippen molar-refractivity contribution in [3.63, 3.8) is 0 Å². The largest absolute Gasteiger partial charge is 0.355 e. The molecule has 1 aliphatic heterocycles. The Morgan fingerprint density at radius 3 is 2.85 bits per heavy atom. The molecule has 0 unspecified atom stereocenters. The first kappa shape index (κ1) is 13.0. The summed E-state index contributed by atoms with van der Waals surface area (Å²) in [4.78, 5) is 18.4. The lowest BCUT2D eigenvalue weighted by Crippen LogP contribution is -2.38. The first-order valence-corrected chi connectivity index (χ1v) is 7.44. The molecule has 20 heavy (non-hydrogen) atoms. The number of hydrogen-bond acceptors (Lipinski definition) is 6. The summed E-state index contributed by atoms with van der Waals surface area (Å²) in [6.45, 7) is 1.66. The van der Waals surface area contributed by atoms with Crippen molar-refractivity contribution in [1.29, 1.82) is 0 Å². The van der Waals surface area contributed by atoms with Crippen molar-refractivity contribution in [3.05, 3.63) is 29.9 Å². The molecule has 1 N–H and O–H groups in total. The molecule has 1 fully saturated rings. The Labute approximate surface area is 120 Å². The second kappa shape index (κ2) is 5.96. The fourth-order valence-electron chi connectivity index (χ4n) is 2.33. The van der Waals surface area contributed by atoms with Gasteiger partial charge in [-0.1, -0.05) is 0 Å². The van der Waals surface area contributed by atoms with Crippen LogP contribution in [0.2, 0.25) is 0 Å². The Bertz CT molecular complexity index is 551. The van der Waals surface area contributed by atoms with Crippen LogP contribution in [0.1, 0.15) is 12.8 Å². The average molecular weight is 289 g/mol. The zero-order valence-electron chi connectivity index (χ0n) is 10.9. The van der Waals surface area contributed by atoms with Crippen LogP contribution in [0.4, 0.5) is 10.9 Å². The first-order chi connectivity index (χ1) is 9.83. The van der Waals surface area contributed by atoms with Crippen molar-refractivity contribution >= 4 is 28.2 Å². The van der Waals surface area contributed by atoms with E-state index in [2.05, 4.69) is 25.4 Å². The minimum Gasteiger partial charge on any atom is -0.355 e. The lowest BCUT2D eigenvalue weighted by Gasteiger charge is -2.31. The summed E-state index contributed by atoms with van der Waals surface area (Å²) in [5.74, 6) is 0.997. The van der Waals surface area contributed by atoms with Crippen molar-refractivity contribution in [2.24, 2.45) is 5.92 Å². The van der Waals surface area contributed by atoms with Crippen LogP contribution in [-0.4, -0.2) is 34.2 Å². The lowest BCUT2D eigenvalue weighted by molar-refractivity contribution is -0.120. The molecule has 0 radical (unpaired) electrons. The predicted molar refractivity (Wildman–Crippen MR) is 77.7 cm³/mol. The molecule has 3 rings (SSSR count). The van der Waals surface area contributed by atoms with E-state index >= 15 is 0 Å². The van der Waals surface area contributed by atoms with E-state index in [0.717, 1.165) is 31.7 Å². The normalized spacial score (nSPS) is 16.1. The van der Waals surface area contributed by atoms with Crippen molar-refractivity contribution in [3.8, 4) is 0 Å². The molecule has 0 aliphatic carbocycles. The molecular formula is C13H15N5OS. The predicted octanol–water partition coefficient (Wildman–Crippen LogP) is 1.79. The van der Waals surface area contributed by atoms with Gasteiger partial charge in [-0.3, -0.25) is 4.79 Å². The second-order valence-electron chi connectivity index (χ2n) is 4.67. The number of rotatable bonds is 3. The molecule has 2 aromatic rings. The maximum Gasteiger partial charge on any atom is 0.229 e. The van der Waals surface area contributed by atoms with Crippen LogP contribution in [0.25, 0.3) is 0 Å². The van der Waals surface area contributed by atoms with Crippen molar-refractivity contribution in [2.75, 3.05) is 23.3 Å². The highest BCUT2D eigenvalue weighted by molar-refractivity contribution is 7.13. The minimum absolute atomic E-state index is 0.0480. The van der Waals surface area contributed by atoms with Gasteiger partial charge in [-0.05, 0) is 25.0 Å². The zero-order valence-corrected chi connectivity index (χ0v) is 11.7. The molecule has 3 heterocycles. The van der Waals surface area contributed by atoms with Gasteiger partial charge in [0.1, 0.15) is 0 Å². The van der Waals surface area contributed by atoms with E-state index in [1.54, 1.807) is 12.4 Å². The summed E-state index contributed by atoms with van der Waals surface area (Å²) in [6.07, 6.45) is 5.01. The molecule has 104 valence electrons. The molecule has 7 heteroatoms. The Kier molecular flexibility index (Phi) is 3.87. The highest BCUT2D eigenvalue weighted by atomic mass is 32.1. The molecule has 1 saturated heterocycles. The van der Waals surface area contributed by atoms with Crippen LogP contribution in [-0.2, 0) is 4.79 Å². The molecule has 0 atom stereocenters. The number of nitrogens with one attached hydrogen (secondary N) is 1. The third-order valence-electron chi connectivity index (χ3n) is 3.41. The summed E-state index contributed by atoms with van der Waals surface area (Å²) in [5.41, 5.74) is 0. The zero-order chi connectivity index (χ0) is 13.8. The summed E-state index contributed by atoms with van der Waals surface area (Å²) < 4.78 is 0. The van der Waals surface area contributed by atoms with Gasteiger partial charge < -0.3 is 10.2 Å². The van der Waals surface area contributed by atoms with E-state index in [0.29, 0.717) is 5.13 Å². The van der Waals surface area contributed by atoms with Crippen LogP contribution in [0, 0.1) is 5.92 Å². The van der Waals surface area contributed by atoms with Crippen molar-refractivity contribution in [2.45, 2.75) is 12.8 Å². The summed E-state index contributed by atoms with van der Waals surface area (Å²) >= 11 is 1.44. The summed E-state index contributed by atoms with van der Waals surface area (Å²) in [6, 6.07) is 3.83. The number of thiazole rings is 1. The smallest absolute Gasteiger partial charge is 0.229 e. The van der Waals surface area contributed by atoms with Gasteiger partial charge in [0.25, 0.3) is 0 Å². The first-order valence-electron chi connectivity index (χ1n) is 6.56. The highest BCUT2D eigenvalue weighted by Gasteiger charge is 2.26. The fourth-order valence-corrected chi connectivity index (χ4v) is 2.86. The molecule has 0 spiro atoms. The van der Waals surface area contributed by atoms with Gasteiger partial charge in [0, 0.05) is 36.8 Å². The monoisotopic (exact) mass is 289 g/mol. The van der Waals surface area contributed by atoms with Gasteiger partial charge in [-0.15, -0.1) is 16.4 Å². The van der Waals surface area contributed by atoms with Gasteiger partial charge in [-0.2, -0.15) is 5.10 Å². The number of carbonyl (C=O) groups is 1. The molecular weight excluding hydrogens is 274 g/mol. The van der Waals surface area contributed by atoms with Crippen LogP contribution in [0.3, 0.4) is 0 Å². The maximum atomic E-state index is 12.1. The van der Waals surface area contributed by atoms with Crippen LogP contribution in [0.5, 0.6) is 0 Å². The van der Waals surface area contributed by atoms with E-state index < -0.39 is 0 Å². The minimum atomic E-state index is 0.0480. The van der Waals surface area contributed by atoms with E-state index in [1.165, 1.54) is 11.3 Å². The second-order valence-corrected chi connectivity index (χ2v) is 5.56. The fraction of sp³-hybridized carbons (Fsp3) is 0.385. The number of carbonyl (C=O) groups excluding carboxylic acids is 1. The Hall–Kier alpha value is -2.02. The van der Waals surface area contributed by atoms with Gasteiger partial charge in [0.15, 0.2) is 10.9 Å². The van der Waals surface area contributed by atoms with E-state index in [-0.39, 0.29) is 11.8 Å².